The first kappa shape index (κ1) is 18.0. The Kier molecular flexibility index (Phi) is 6.69. The first-order chi connectivity index (χ1) is 11.0. The van der Waals surface area contributed by atoms with Crippen molar-refractivity contribution >= 4 is 40.7 Å². The van der Waals surface area contributed by atoms with Gasteiger partial charge in [0.15, 0.2) is 0 Å². The van der Waals surface area contributed by atoms with Gasteiger partial charge in [0.1, 0.15) is 6.04 Å². The zero-order chi connectivity index (χ0) is 16.8. The van der Waals surface area contributed by atoms with E-state index in [-0.39, 0.29) is 11.8 Å². The van der Waals surface area contributed by atoms with Gasteiger partial charge >= 0.3 is 0 Å². The summed E-state index contributed by atoms with van der Waals surface area (Å²) in [5.74, 6) is -0.201. The number of hydrogen-bond acceptors (Lipinski definition) is 3. The minimum absolute atomic E-state index is 0.00130. The molecule has 1 aliphatic heterocycles. The topological polar surface area (TPSA) is 61.4 Å². The summed E-state index contributed by atoms with van der Waals surface area (Å²) in [4.78, 5) is 26.6. The van der Waals surface area contributed by atoms with Gasteiger partial charge in [-0.15, -0.1) is 0 Å². The van der Waals surface area contributed by atoms with Crippen molar-refractivity contribution in [3.63, 3.8) is 0 Å². The minimum atomic E-state index is -0.445. The summed E-state index contributed by atoms with van der Waals surface area (Å²) in [6.45, 7) is 1.22. The molecule has 0 spiro atoms. The number of carbonyl (C=O) groups excluding carboxylic acids is 2. The van der Waals surface area contributed by atoms with Crippen molar-refractivity contribution < 1.29 is 9.59 Å². The zero-order valence-corrected chi connectivity index (χ0v) is 14.6. The fourth-order valence-electron chi connectivity index (χ4n) is 2.69. The predicted octanol–water partition coefficient (Wildman–Crippen LogP) is 2.92. The number of benzene rings is 1. The lowest BCUT2D eigenvalue weighted by Crippen LogP contribution is -2.50. The van der Waals surface area contributed by atoms with Crippen molar-refractivity contribution in [1.82, 2.24) is 10.2 Å². The van der Waals surface area contributed by atoms with Crippen LogP contribution in [0.5, 0.6) is 0 Å². The number of nitrogens with one attached hydrogen (secondary N) is 2. The highest BCUT2D eigenvalue weighted by Crippen LogP contribution is 2.27. The second-order valence-corrected chi connectivity index (χ2v) is 6.41. The molecule has 1 fully saturated rings. The average Bonchev–Trinajstić information content (AvgIpc) is 2.55. The molecule has 0 saturated carbocycles. The fourth-order valence-corrected chi connectivity index (χ4v) is 3.14. The third-order valence-electron chi connectivity index (χ3n) is 3.90. The molecule has 7 heteroatoms. The van der Waals surface area contributed by atoms with Crippen molar-refractivity contribution in [2.24, 2.45) is 0 Å². The van der Waals surface area contributed by atoms with Crippen molar-refractivity contribution in [2.75, 3.05) is 25.5 Å². The molecular formula is C16H21Cl2N3O2. The van der Waals surface area contributed by atoms with Gasteiger partial charge in [0.2, 0.25) is 11.8 Å². The van der Waals surface area contributed by atoms with Gasteiger partial charge in [-0.05, 0) is 44.5 Å². The molecule has 0 aromatic heterocycles. The molecule has 126 valence electrons. The molecule has 1 heterocycles. The molecule has 0 radical (unpaired) electrons. The molecule has 2 N–H and O–H groups in total. The molecule has 1 aromatic carbocycles. The molecule has 1 saturated heterocycles. The Bertz CT molecular complexity index is 580. The van der Waals surface area contributed by atoms with E-state index in [1.165, 1.54) is 0 Å². The molecule has 0 bridgehead atoms. The number of nitrogens with zero attached hydrogens (tertiary/aromatic N) is 1. The van der Waals surface area contributed by atoms with Crippen LogP contribution < -0.4 is 10.6 Å². The van der Waals surface area contributed by atoms with Crippen molar-refractivity contribution in [3.05, 3.63) is 28.2 Å². The fraction of sp³-hybridized carbons (Fsp3) is 0.500. The minimum Gasteiger partial charge on any atom is -0.331 e. The molecule has 5 nitrogen and oxygen atoms in total. The van der Waals surface area contributed by atoms with Gasteiger partial charge in [-0.1, -0.05) is 23.2 Å². The van der Waals surface area contributed by atoms with Gasteiger partial charge < -0.3 is 15.5 Å². The van der Waals surface area contributed by atoms with Crippen LogP contribution in [-0.4, -0.2) is 42.9 Å². The van der Waals surface area contributed by atoms with E-state index in [0.29, 0.717) is 41.7 Å². The second-order valence-electron chi connectivity index (χ2n) is 5.57. The zero-order valence-electron chi connectivity index (χ0n) is 13.1. The van der Waals surface area contributed by atoms with Crippen molar-refractivity contribution in [3.8, 4) is 0 Å². The number of likely N-dealkylation sites (tertiary alicyclic amines) is 1. The third kappa shape index (κ3) is 4.83. The third-order valence-corrected chi connectivity index (χ3v) is 4.45. The molecule has 2 rings (SSSR count). The van der Waals surface area contributed by atoms with E-state index in [1.54, 1.807) is 30.1 Å². The Morgan fingerprint density at radius 3 is 2.78 bits per heavy atom. The van der Waals surface area contributed by atoms with Crippen LogP contribution in [0.2, 0.25) is 10.0 Å². The SMILES string of the molecule is CNCCC(=O)N1CCCCC1C(=O)Nc1ccc(Cl)cc1Cl. The monoisotopic (exact) mass is 357 g/mol. The number of carbonyl (C=O) groups is 2. The quantitative estimate of drug-likeness (QED) is 0.851. The number of halogens is 2. The Morgan fingerprint density at radius 2 is 2.09 bits per heavy atom. The van der Waals surface area contributed by atoms with Gasteiger partial charge in [-0.2, -0.15) is 0 Å². The Labute approximate surface area is 146 Å². The van der Waals surface area contributed by atoms with Crippen LogP contribution in [-0.2, 0) is 9.59 Å². The summed E-state index contributed by atoms with van der Waals surface area (Å²) >= 11 is 12.0. The summed E-state index contributed by atoms with van der Waals surface area (Å²) in [6, 6.07) is 4.47. The Morgan fingerprint density at radius 1 is 1.30 bits per heavy atom. The van der Waals surface area contributed by atoms with Gasteiger partial charge in [0.05, 0.1) is 10.7 Å². The van der Waals surface area contributed by atoms with E-state index in [2.05, 4.69) is 10.6 Å². The molecule has 1 aromatic rings. The lowest BCUT2D eigenvalue weighted by molar-refractivity contribution is -0.140. The first-order valence-electron chi connectivity index (χ1n) is 7.73. The molecule has 23 heavy (non-hydrogen) atoms. The highest BCUT2D eigenvalue weighted by molar-refractivity contribution is 6.36. The number of piperidine rings is 1. The molecule has 0 aliphatic carbocycles. The predicted molar refractivity (Wildman–Crippen MR) is 93.0 cm³/mol. The van der Waals surface area contributed by atoms with Crippen LogP contribution in [0.1, 0.15) is 25.7 Å². The smallest absolute Gasteiger partial charge is 0.247 e. The number of hydrogen-bond donors (Lipinski definition) is 2. The number of rotatable bonds is 5. The maximum atomic E-state index is 12.6. The summed E-state index contributed by atoms with van der Waals surface area (Å²) < 4.78 is 0. The van der Waals surface area contributed by atoms with E-state index in [0.717, 1.165) is 12.8 Å². The molecule has 1 unspecified atom stereocenters. The normalized spacial score (nSPS) is 17.9. The number of amides is 2. The van der Waals surface area contributed by atoms with E-state index >= 15 is 0 Å². The van der Waals surface area contributed by atoms with Crippen LogP contribution in [0, 0.1) is 0 Å². The van der Waals surface area contributed by atoms with Gasteiger partial charge in [-0.25, -0.2) is 0 Å². The maximum absolute atomic E-state index is 12.6. The van der Waals surface area contributed by atoms with Crippen molar-refractivity contribution in [2.45, 2.75) is 31.7 Å². The van der Waals surface area contributed by atoms with Gasteiger partial charge in [0.25, 0.3) is 0 Å². The number of anilines is 1. The van der Waals surface area contributed by atoms with E-state index in [9.17, 15) is 9.59 Å². The summed E-state index contributed by atoms with van der Waals surface area (Å²) in [5.41, 5.74) is 0.509. The Hall–Kier alpha value is -1.30. The Balaban J connectivity index is 2.07. The largest absolute Gasteiger partial charge is 0.331 e. The van der Waals surface area contributed by atoms with Crippen LogP contribution >= 0.6 is 23.2 Å². The summed E-state index contributed by atoms with van der Waals surface area (Å²) in [7, 11) is 1.80. The van der Waals surface area contributed by atoms with Crippen LogP contribution in [0.3, 0.4) is 0 Å². The maximum Gasteiger partial charge on any atom is 0.247 e. The van der Waals surface area contributed by atoms with Crippen LogP contribution in [0.25, 0.3) is 0 Å². The molecule has 1 atom stereocenters. The molecular weight excluding hydrogens is 337 g/mol. The van der Waals surface area contributed by atoms with Gasteiger partial charge in [-0.3, -0.25) is 9.59 Å². The standard InChI is InChI=1S/C16H21Cl2N3O2/c1-19-8-7-15(22)21-9-3-2-4-14(21)16(23)20-13-6-5-11(17)10-12(13)18/h5-6,10,14,19H,2-4,7-9H2,1H3,(H,20,23). The van der Waals surface area contributed by atoms with E-state index in [4.69, 9.17) is 23.2 Å². The van der Waals surface area contributed by atoms with E-state index < -0.39 is 6.04 Å². The average molecular weight is 358 g/mol. The summed E-state index contributed by atoms with van der Waals surface area (Å²) in [5, 5.41) is 6.66. The van der Waals surface area contributed by atoms with Crippen LogP contribution in [0.4, 0.5) is 5.69 Å². The first-order valence-corrected chi connectivity index (χ1v) is 8.48. The lowest BCUT2D eigenvalue weighted by Gasteiger charge is -2.35. The highest BCUT2D eigenvalue weighted by Gasteiger charge is 2.31. The molecule has 1 aliphatic rings. The molecule has 2 amide bonds. The van der Waals surface area contributed by atoms with E-state index in [1.807, 2.05) is 0 Å². The van der Waals surface area contributed by atoms with Gasteiger partial charge in [0, 0.05) is 24.5 Å². The lowest BCUT2D eigenvalue weighted by atomic mass is 10.0. The second kappa shape index (κ2) is 8.52. The van der Waals surface area contributed by atoms with Crippen molar-refractivity contribution in [1.29, 1.82) is 0 Å². The highest BCUT2D eigenvalue weighted by atomic mass is 35.5. The summed E-state index contributed by atoms with van der Waals surface area (Å²) in [6.07, 6.45) is 2.92. The van der Waals surface area contributed by atoms with Crippen LogP contribution in [0.15, 0.2) is 18.2 Å².